The first-order chi connectivity index (χ1) is 8.72. The number of aromatic nitrogens is 1. The quantitative estimate of drug-likeness (QED) is 0.892. The van der Waals surface area contributed by atoms with E-state index in [4.69, 9.17) is 17.3 Å². The van der Waals surface area contributed by atoms with Crippen molar-refractivity contribution in [1.82, 2.24) is 4.98 Å². The highest BCUT2D eigenvalue weighted by Crippen LogP contribution is 2.59. The lowest BCUT2D eigenvalue weighted by atomic mass is 9.98. The van der Waals surface area contributed by atoms with Crippen LogP contribution in [0.5, 0.6) is 0 Å². The molecule has 94 valence electrons. The number of pyridine rings is 1. The lowest BCUT2D eigenvalue weighted by Gasteiger charge is -2.13. The van der Waals surface area contributed by atoms with Crippen LogP contribution in [0.15, 0.2) is 30.5 Å². The van der Waals surface area contributed by atoms with Crippen LogP contribution in [0.3, 0.4) is 0 Å². The van der Waals surface area contributed by atoms with E-state index in [1.54, 1.807) is 6.20 Å². The van der Waals surface area contributed by atoms with Gasteiger partial charge in [-0.1, -0.05) is 17.7 Å². The van der Waals surface area contributed by atoms with E-state index >= 15 is 0 Å². The number of nitrogens with two attached hydrogens (primary N) is 1. The molecule has 18 heavy (non-hydrogen) atoms. The molecular weight excluding hydrogens is 248 g/mol. The summed E-state index contributed by atoms with van der Waals surface area (Å²) < 4.78 is 0. The van der Waals surface area contributed by atoms with Crippen molar-refractivity contribution in [3.05, 3.63) is 41.0 Å². The van der Waals surface area contributed by atoms with Gasteiger partial charge in [-0.2, -0.15) is 0 Å². The summed E-state index contributed by atoms with van der Waals surface area (Å²) in [6.07, 6.45) is 2.70. The molecule has 3 nitrogen and oxygen atoms in total. The zero-order valence-corrected chi connectivity index (χ0v) is 10.7. The predicted molar refractivity (Wildman–Crippen MR) is 72.7 cm³/mol. The van der Waals surface area contributed by atoms with Gasteiger partial charge in [-0.05, 0) is 36.1 Å². The van der Waals surface area contributed by atoms with E-state index in [0.29, 0.717) is 17.5 Å². The van der Waals surface area contributed by atoms with Crippen molar-refractivity contribution >= 4 is 22.5 Å². The number of aliphatic hydroxyl groups excluding tert-OH is 1. The first-order valence-corrected chi connectivity index (χ1v) is 6.44. The van der Waals surface area contributed by atoms with E-state index in [0.717, 1.165) is 22.9 Å². The van der Waals surface area contributed by atoms with Gasteiger partial charge in [0.1, 0.15) is 0 Å². The van der Waals surface area contributed by atoms with Gasteiger partial charge in [0, 0.05) is 28.6 Å². The Morgan fingerprint density at radius 2 is 2.28 bits per heavy atom. The summed E-state index contributed by atoms with van der Waals surface area (Å²) in [6.45, 7) is 0.635. The number of nitrogens with zero attached hydrogens (tertiary/aromatic N) is 1. The number of halogens is 1. The first kappa shape index (κ1) is 11.9. The van der Waals surface area contributed by atoms with Crippen molar-refractivity contribution in [2.75, 3.05) is 13.2 Å². The van der Waals surface area contributed by atoms with Crippen LogP contribution < -0.4 is 5.73 Å². The van der Waals surface area contributed by atoms with Crippen molar-refractivity contribution < 1.29 is 5.11 Å². The van der Waals surface area contributed by atoms with Crippen LogP contribution in [0, 0.1) is 5.41 Å². The molecular formula is C14H15ClN2O. The number of aliphatic hydroxyl groups is 1. The van der Waals surface area contributed by atoms with Gasteiger partial charge in [0.15, 0.2) is 0 Å². The third-order valence-corrected chi connectivity index (χ3v) is 4.36. The average Bonchev–Trinajstić information content (AvgIpc) is 3.15. The predicted octanol–water partition coefficient (Wildman–Crippen LogP) is 2.31. The summed E-state index contributed by atoms with van der Waals surface area (Å²) in [6, 6.07) is 7.76. The summed E-state index contributed by atoms with van der Waals surface area (Å²) in [5.41, 5.74) is 7.70. The zero-order valence-electron chi connectivity index (χ0n) is 9.94. The van der Waals surface area contributed by atoms with E-state index in [1.807, 2.05) is 24.3 Å². The monoisotopic (exact) mass is 262 g/mol. The van der Waals surface area contributed by atoms with Gasteiger partial charge in [-0.3, -0.25) is 4.98 Å². The van der Waals surface area contributed by atoms with Crippen molar-refractivity contribution in [2.45, 2.75) is 12.3 Å². The van der Waals surface area contributed by atoms with Crippen LogP contribution in [0.1, 0.15) is 17.9 Å². The number of benzene rings is 1. The molecule has 3 N–H and O–H groups in total. The maximum absolute atomic E-state index is 9.49. The summed E-state index contributed by atoms with van der Waals surface area (Å²) in [4.78, 5) is 4.43. The smallest absolute Gasteiger partial charge is 0.0751 e. The molecule has 4 heteroatoms. The highest BCUT2D eigenvalue weighted by Gasteiger charge is 2.53. The zero-order chi connectivity index (χ0) is 12.8. The largest absolute Gasteiger partial charge is 0.396 e. The number of hydrogen-bond acceptors (Lipinski definition) is 3. The second-order valence-electron chi connectivity index (χ2n) is 5.02. The summed E-state index contributed by atoms with van der Waals surface area (Å²) in [5, 5.41) is 11.2. The molecule has 0 amide bonds. The van der Waals surface area contributed by atoms with E-state index in [2.05, 4.69) is 4.98 Å². The Morgan fingerprint density at radius 1 is 1.44 bits per heavy atom. The van der Waals surface area contributed by atoms with Gasteiger partial charge >= 0.3 is 0 Å². The fourth-order valence-corrected chi connectivity index (χ4v) is 2.91. The van der Waals surface area contributed by atoms with Crippen LogP contribution in [0.4, 0.5) is 0 Å². The average molecular weight is 263 g/mol. The van der Waals surface area contributed by atoms with Crippen molar-refractivity contribution in [2.24, 2.45) is 11.1 Å². The van der Waals surface area contributed by atoms with Crippen LogP contribution in [-0.2, 0) is 0 Å². The molecule has 2 unspecified atom stereocenters. The minimum Gasteiger partial charge on any atom is -0.396 e. The van der Waals surface area contributed by atoms with Crippen LogP contribution in [0.2, 0.25) is 5.02 Å². The van der Waals surface area contributed by atoms with Gasteiger partial charge in [-0.25, -0.2) is 0 Å². The maximum Gasteiger partial charge on any atom is 0.0751 e. The topological polar surface area (TPSA) is 59.1 Å². The molecule has 2 aromatic rings. The fourth-order valence-electron chi connectivity index (χ4n) is 2.69. The van der Waals surface area contributed by atoms with Crippen molar-refractivity contribution in [1.29, 1.82) is 0 Å². The molecule has 1 heterocycles. The minimum atomic E-state index is -0.154. The first-order valence-electron chi connectivity index (χ1n) is 6.06. The molecule has 0 bridgehead atoms. The molecule has 1 aromatic carbocycles. The van der Waals surface area contributed by atoms with E-state index < -0.39 is 0 Å². The molecule has 0 saturated heterocycles. The molecule has 1 aromatic heterocycles. The maximum atomic E-state index is 9.49. The number of hydrogen-bond donors (Lipinski definition) is 2. The lowest BCUT2D eigenvalue weighted by Crippen LogP contribution is -2.21. The van der Waals surface area contributed by atoms with Crippen LogP contribution >= 0.6 is 11.6 Å². The second-order valence-corrected chi connectivity index (χ2v) is 5.42. The van der Waals surface area contributed by atoms with Crippen molar-refractivity contribution in [3.63, 3.8) is 0 Å². The summed E-state index contributed by atoms with van der Waals surface area (Å²) in [5.74, 6) is 0.294. The Bertz CT molecular complexity index is 595. The van der Waals surface area contributed by atoms with E-state index in [1.165, 1.54) is 0 Å². The number of rotatable bonds is 3. The van der Waals surface area contributed by atoms with Crippen LogP contribution in [-0.4, -0.2) is 23.2 Å². The third-order valence-electron chi connectivity index (χ3n) is 4.03. The Hall–Kier alpha value is -1.16. The van der Waals surface area contributed by atoms with E-state index in [-0.39, 0.29) is 12.0 Å². The number of fused-ring (bicyclic) bond motifs is 1. The Labute approximate surface area is 111 Å². The van der Waals surface area contributed by atoms with Gasteiger partial charge in [-0.15, -0.1) is 0 Å². The molecule has 1 aliphatic carbocycles. The molecule has 0 radical (unpaired) electrons. The second kappa shape index (κ2) is 4.19. The molecule has 0 aliphatic heterocycles. The SMILES string of the molecule is NCC1(CO)CC1c1ccc(Cl)c2cccnc12. The Balaban J connectivity index is 2.12. The highest BCUT2D eigenvalue weighted by atomic mass is 35.5. The molecule has 1 aliphatic rings. The van der Waals surface area contributed by atoms with Gasteiger partial charge in [0.25, 0.3) is 0 Å². The highest BCUT2D eigenvalue weighted by molar-refractivity contribution is 6.35. The Morgan fingerprint density at radius 3 is 2.94 bits per heavy atom. The van der Waals surface area contributed by atoms with Gasteiger partial charge in [0.05, 0.1) is 12.1 Å². The molecule has 3 rings (SSSR count). The molecule has 1 saturated carbocycles. The summed E-state index contributed by atoms with van der Waals surface area (Å²) >= 11 is 6.18. The fraction of sp³-hybridized carbons (Fsp3) is 0.357. The lowest BCUT2D eigenvalue weighted by molar-refractivity contribution is 0.212. The standard InChI is InChI=1S/C14H15ClN2O/c15-12-4-3-9(11-6-14(11,7-16)8-18)13-10(12)2-1-5-17-13/h1-5,11,18H,6-8,16H2. The van der Waals surface area contributed by atoms with Gasteiger partial charge < -0.3 is 10.8 Å². The Kier molecular flexibility index (Phi) is 2.77. The van der Waals surface area contributed by atoms with Gasteiger partial charge in [0.2, 0.25) is 0 Å². The third kappa shape index (κ3) is 1.62. The molecule has 2 atom stereocenters. The minimum absolute atomic E-state index is 0.130. The van der Waals surface area contributed by atoms with E-state index in [9.17, 15) is 5.11 Å². The van der Waals surface area contributed by atoms with Crippen LogP contribution in [0.25, 0.3) is 10.9 Å². The molecule has 1 fully saturated rings. The van der Waals surface area contributed by atoms with Crippen molar-refractivity contribution in [3.8, 4) is 0 Å². The molecule has 0 spiro atoms. The summed E-state index contributed by atoms with van der Waals surface area (Å²) in [7, 11) is 0. The normalized spacial score (nSPS) is 26.5.